The second kappa shape index (κ2) is 7.86. The average Bonchev–Trinajstić information content (AvgIpc) is 2.94. The van der Waals surface area contributed by atoms with Crippen LogP contribution < -0.4 is 5.43 Å². The third-order valence-electron chi connectivity index (χ3n) is 4.12. The van der Waals surface area contributed by atoms with Gasteiger partial charge in [-0.1, -0.05) is 41.4 Å². The number of aromatic hydroxyl groups is 1. The van der Waals surface area contributed by atoms with Gasteiger partial charge in [-0.3, -0.25) is 4.79 Å². The Hall–Kier alpha value is -2.76. The summed E-state index contributed by atoms with van der Waals surface area (Å²) in [6.45, 7) is 3.81. The third-order valence-corrected chi connectivity index (χ3v) is 4.62. The Morgan fingerprint density at radius 2 is 1.85 bits per heavy atom. The van der Waals surface area contributed by atoms with Crippen molar-refractivity contribution in [1.82, 2.24) is 9.99 Å². The van der Waals surface area contributed by atoms with Gasteiger partial charge < -0.3 is 9.67 Å². The molecule has 1 amide bonds. The number of carbonyl (C=O) groups excluding carboxylic acids is 1. The van der Waals surface area contributed by atoms with Crippen molar-refractivity contribution in [3.8, 4) is 11.4 Å². The number of para-hydroxylation sites is 1. The molecule has 0 saturated carbocycles. The van der Waals surface area contributed by atoms with E-state index < -0.39 is 0 Å². The molecule has 3 rings (SSSR count). The molecule has 2 aromatic carbocycles. The number of nitrogens with one attached hydrogen (secondary N) is 1. The molecule has 0 spiro atoms. The predicted octanol–water partition coefficient (Wildman–Crippen LogP) is 4.87. The Kier molecular flexibility index (Phi) is 5.54. The van der Waals surface area contributed by atoms with Crippen molar-refractivity contribution in [3.63, 3.8) is 0 Å². The molecule has 0 radical (unpaired) electrons. The van der Waals surface area contributed by atoms with Gasteiger partial charge in [0, 0.05) is 27.7 Å². The van der Waals surface area contributed by atoms with Crippen molar-refractivity contribution in [2.24, 2.45) is 5.10 Å². The summed E-state index contributed by atoms with van der Waals surface area (Å²) >= 11 is 11.8. The summed E-state index contributed by atoms with van der Waals surface area (Å²) in [5, 5.41) is 14.3. The summed E-state index contributed by atoms with van der Waals surface area (Å²) in [6, 6.07) is 14.5. The zero-order valence-corrected chi connectivity index (χ0v) is 16.2. The molecule has 7 heteroatoms. The lowest BCUT2D eigenvalue weighted by atomic mass is 10.2. The molecule has 5 nitrogen and oxygen atoms in total. The number of hydrogen-bond acceptors (Lipinski definition) is 3. The zero-order valence-electron chi connectivity index (χ0n) is 14.7. The van der Waals surface area contributed by atoms with Crippen LogP contribution in [0.3, 0.4) is 0 Å². The first kappa shape index (κ1) is 19.0. The van der Waals surface area contributed by atoms with Gasteiger partial charge in [0.1, 0.15) is 5.75 Å². The first-order valence-corrected chi connectivity index (χ1v) is 8.90. The van der Waals surface area contributed by atoms with Crippen LogP contribution in [0.25, 0.3) is 5.69 Å². The molecule has 138 valence electrons. The minimum atomic E-state index is -0.353. The van der Waals surface area contributed by atoms with E-state index in [9.17, 15) is 9.90 Å². The second-order valence-corrected chi connectivity index (χ2v) is 6.82. The highest BCUT2D eigenvalue weighted by Gasteiger charge is 2.16. The van der Waals surface area contributed by atoms with Crippen molar-refractivity contribution in [2.75, 3.05) is 0 Å². The van der Waals surface area contributed by atoms with Crippen molar-refractivity contribution in [2.45, 2.75) is 13.8 Å². The molecule has 27 heavy (non-hydrogen) atoms. The van der Waals surface area contributed by atoms with E-state index in [1.54, 1.807) is 6.07 Å². The quantitative estimate of drug-likeness (QED) is 0.483. The van der Waals surface area contributed by atoms with Crippen LogP contribution in [0.2, 0.25) is 10.0 Å². The van der Waals surface area contributed by atoms with Crippen LogP contribution in [0.15, 0.2) is 53.6 Å². The van der Waals surface area contributed by atoms with E-state index in [0.29, 0.717) is 16.1 Å². The molecule has 0 atom stereocenters. The van der Waals surface area contributed by atoms with Gasteiger partial charge >= 0.3 is 0 Å². The van der Waals surface area contributed by atoms with E-state index in [4.69, 9.17) is 23.2 Å². The summed E-state index contributed by atoms with van der Waals surface area (Å²) in [6.07, 6.45) is 1.29. The van der Waals surface area contributed by atoms with Crippen LogP contribution in [-0.4, -0.2) is 21.8 Å². The average molecular weight is 402 g/mol. The van der Waals surface area contributed by atoms with Gasteiger partial charge in [-0.2, -0.15) is 5.10 Å². The van der Waals surface area contributed by atoms with Gasteiger partial charge in [0.2, 0.25) is 0 Å². The van der Waals surface area contributed by atoms with Crippen LogP contribution in [0, 0.1) is 13.8 Å². The fraction of sp³-hybridized carbons (Fsp3) is 0.100. The molecule has 1 aromatic heterocycles. The van der Waals surface area contributed by atoms with E-state index in [-0.39, 0.29) is 16.7 Å². The third kappa shape index (κ3) is 3.99. The van der Waals surface area contributed by atoms with Crippen LogP contribution in [-0.2, 0) is 0 Å². The zero-order chi connectivity index (χ0) is 19.6. The molecule has 0 aliphatic rings. The summed E-state index contributed by atoms with van der Waals surface area (Å²) in [4.78, 5) is 12.5. The maximum absolute atomic E-state index is 12.5. The topological polar surface area (TPSA) is 66.6 Å². The number of hydrogen-bond donors (Lipinski definition) is 2. The summed E-state index contributed by atoms with van der Waals surface area (Å²) in [7, 11) is 0. The highest BCUT2D eigenvalue weighted by Crippen LogP contribution is 2.30. The minimum absolute atomic E-state index is 0.113. The van der Waals surface area contributed by atoms with E-state index >= 15 is 0 Å². The lowest BCUT2D eigenvalue weighted by molar-refractivity contribution is 0.0954. The predicted molar refractivity (Wildman–Crippen MR) is 108 cm³/mol. The van der Waals surface area contributed by atoms with E-state index in [1.807, 2.05) is 48.7 Å². The molecule has 1 heterocycles. The molecule has 0 bridgehead atoms. The van der Waals surface area contributed by atoms with Crippen molar-refractivity contribution >= 4 is 35.3 Å². The Morgan fingerprint density at radius 1 is 1.15 bits per heavy atom. The molecule has 0 saturated heterocycles. The first-order chi connectivity index (χ1) is 12.9. The largest absolute Gasteiger partial charge is 0.506 e. The van der Waals surface area contributed by atoms with Gasteiger partial charge in [-0.15, -0.1) is 0 Å². The van der Waals surface area contributed by atoms with Crippen LogP contribution in [0.1, 0.15) is 27.3 Å². The Morgan fingerprint density at radius 3 is 2.56 bits per heavy atom. The van der Waals surface area contributed by atoms with Crippen molar-refractivity contribution < 1.29 is 9.90 Å². The molecule has 2 N–H and O–H groups in total. The minimum Gasteiger partial charge on any atom is -0.506 e. The fourth-order valence-electron chi connectivity index (χ4n) is 2.87. The number of phenolic OH excluding ortho intramolecular Hbond substituents is 1. The second-order valence-electron chi connectivity index (χ2n) is 5.98. The standard InChI is InChI=1S/C20H17Cl2N3O2/c1-12-8-17(13(2)25(12)16-6-4-3-5-7-16)20(27)24-23-11-14-9-15(21)10-18(22)19(14)26/h3-11,26H,1-2H3,(H,24,27)/b23-11+. The normalized spacial score (nSPS) is 11.1. The van der Waals surface area contributed by atoms with Gasteiger partial charge in [0.25, 0.3) is 5.91 Å². The molecule has 0 aliphatic heterocycles. The molecule has 0 aliphatic carbocycles. The van der Waals surface area contributed by atoms with Crippen molar-refractivity contribution in [1.29, 1.82) is 0 Å². The number of aryl methyl sites for hydroxylation is 1. The number of nitrogens with zero attached hydrogens (tertiary/aromatic N) is 2. The number of halogens is 2. The Balaban J connectivity index is 1.82. The SMILES string of the molecule is Cc1cc(C(=O)N/N=C/c2cc(Cl)cc(Cl)c2O)c(C)n1-c1ccccc1. The van der Waals surface area contributed by atoms with E-state index in [2.05, 4.69) is 10.5 Å². The number of aromatic nitrogens is 1. The van der Waals surface area contributed by atoms with E-state index in [1.165, 1.54) is 18.3 Å². The maximum Gasteiger partial charge on any atom is 0.273 e. The number of amides is 1. The summed E-state index contributed by atoms with van der Waals surface area (Å²) in [5.74, 6) is -0.504. The number of phenols is 1. The lowest BCUT2D eigenvalue weighted by Crippen LogP contribution is -2.18. The smallest absolute Gasteiger partial charge is 0.273 e. The molecule has 0 fully saturated rings. The van der Waals surface area contributed by atoms with Crippen LogP contribution in [0.5, 0.6) is 5.75 Å². The van der Waals surface area contributed by atoms with Gasteiger partial charge in [-0.25, -0.2) is 5.43 Å². The van der Waals surface area contributed by atoms with Crippen molar-refractivity contribution in [3.05, 3.63) is 81.1 Å². The van der Waals surface area contributed by atoms with Gasteiger partial charge in [-0.05, 0) is 44.2 Å². The Labute approximate surface area is 166 Å². The monoisotopic (exact) mass is 401 g/mol. The molecule has 3 aromatic rings. The molecular formula is C20H17Cl2N3O2. The lowest BCUT2D eigenvalue weighted by Gasteiger charge is -2.09. The van der Waals surface area contributed by atoms with Gasteiger partial charge in [0.15, 0.2) is 0 Å². The first-order valence-electron chi connectivity index (χ1n) is 8.14. The highest BCUT2D eigenvalue weighted by molar-refractivity contribution is 6.36. The number of carbonyl (C=O) groups is 1. The van der Waals surface area contributed by atoms with E-state index in [0.717, 1.165) is 17.1 Å². The Bertz CT molecular complexity index is 1030. The van der Waals surface area contributed by atoms with Gasteiger partial charge in [0.05, 0.1) is 16.8 Å². The number of benzene rings is 2. The molecular weight excluding hydrogens is 385 g/mol. The summed E-state index contributed by atoms with van der Waals surface area (Å²) < 4.78 is 2.00. The molecule has 0 unspecified atom stereocenters. The van der Waals surface area contributed by atoms with Crippen LogP contribution in [0.4, 0.5) is 0 Å². The number of rotatable bonds is 4. The number of hydrazone groups is 1. The van der Waals surface area contributed by atoms with Crippen LogP contribution >= 0.6 is 23.2 Å². The highest BCUT2D eigenvalue weighted by atomic mass is 35.5. The fourth-order valence-corrected chi connectivity index (χ4v) is 3.38. The summed E-state index contributed by atoms with van der Waals surface area (Å²) in [5.41, 5.74) is 6.01. The maximum atomic E-state index is 12.5.